The summed E-state index contributed by atoms with van der Waals surface area (Å²) in [4.78, 5) is 16.2. The number of hydrogen-bond acceptors (Lipinski definition) is 4. The molecule has 1 aromatic heterocycles. The first-order chi connectivity index (χ1) is 12.5. The Bertz CT molecular complexity index is 910. The van der Waals surface area contributed by atoms with Gasteiger partial charge in [-0.1, -0.05) is 17.7 Å². The fraction of sp³-hybridized carbons (Fsp3) is 0.316. The number of fused-ring (bicyclic) bond motifs is 2. The first-order valence-electron chi connectivity index (χ1n) is 8.56. The van der Waals surface area contributed by atoms with Gasteiger partial charge in [-0.25, -0.2) is 0 Å². The second-order valence-corrected chi connectivity index (χ2v) is 8.06. The van der Waals surface area contributed by atoms with Crippen LogP contribution in [0.15, 0.2) is 34.9 Å². The molecule has 1 unspecified atom stereocenters. The fourth-order valence-corrected chi connectivity index (χ4v) is 4.56. The number of nitrogens with zero attached hydrogens (tertiary/aromatic N) is 2. The van der Waals surface area contributed by atoms with Gasteiger partial charge < -0.3 is 5.32 Å². The number of rotatable bonds is 2. The molecule has 1 aromatic carbocycles. The van der Waals surface area contributed by atoms with Crippen molar-refractivity contribution in [3.05, 3.63) is 72.5 Å². The number of halogens is 2. The molecule has 1 fully saturated rings. The fourth-order valence-electron chi connectivity index (χ4n) is 4.04. The smallest absolute Gasteiger partial charge is 0.277 e. The molecule has 1 aliphatic carbocycles. The number of nitrogens with one attached hydrogen (secondary N) is 1. The Morgan fingerprint density at radius 3 is 2.77 bits per heavy atom. The third-order valence-electron chi connectivity index (χ3n) is 5.18. The lowest BCUT2D eigenvalue weighted by Gasteiger charge is -2.31. The number of pyridine rings is 1. The van der Waals surface area contributed by atoms with E-state index < -0.39 is 0 Å². The zero-order valence-corrected chi connectivity index (χ0v) is 16.3. The molecule has 5 nitrogen and oxygen atoms in total. The van der Waals surface area contributed by atoms with E-state index >= 15 is 0 Å². The zero-order chi connectivity index (χ0) is 18.3. The summed E-state index contributed by atoms with van der Waals surface area (Å²) in [6, 6.07) is 7.37. The van der Waals surface area contributed by atoms with Gasteiger partial charge in [-0.2, -0.15) is 0 Å². The minimum absolute atomic E-state index is 0.0150. The summed E-state index contributed by atoms with van der Waals surface area (Å²) < 4.78 is 0.809. The van der Waals surface area contributed by atoms with Crippen molar-refractivity contribution in [2.75, 3.05) is 13.1 Å². The van der Waals surface area contributed by atoms with Crippen molar-refractivity contribution < 1.29 is 4.92 Å². The molecule has 26 heavy (non-hydrogen) atoms. The molecule has 134 valence electrons. The molecule has 4 rings (SSSR count). The second-order valence-electron chi connectivity index (χ2n) is 6.71. The van der Waals surface area contributed by atoms with E-state index in [4.69, 9.17) is 11.6 Å². The van der Waals surface area contributed by atoms with Crippen LogP contribution >= 0.6 is 27.5 Å². The van der Waals surface area contributed by atoms with Crippen molar-refractivity contribution in [3.8, 4) is 0 Å². The van der Waals surface area contributed by atoms with Crippen LogP contribution < -0.4 is 5.32 Å². The first-order valence-corrected chi connectivity index (χ1v) is 9.74. The number of nitro groups is 1. The largest absolute Gasteiger partial charge is 0.317 e. The number of benzene rings is 1. The van der Waals surface area contributed by atoms with Crippen LogP contribution in [0.1, 0.15) is 41.1 Å². The molecule has 2 heterocycles. The molecule has 0 amide bonds. The lowest BCUT2D eigenvalue weighted by molar-refractivity contribution is -0.374. The van der Waals surface area contributed by atoms with Gasteiger partial charge in [0.25, 0.3) is 5.70 Å². The average molecular weight is 435 g/mol. The average Bonchev–Trinajstić information content (AvgIpc) is 2.76. The van der Waals surface area contributed by atoms with Gasteiger partial charge in [0.15, 0.2) is 0 Å². The summed E-state index contributed by atoms with van der Waals surface area (Å²) in [6.45, 7) is 1.90. The van der Waals surface area contributed by atoms with E-state index in [2.05, 4.69) is 26.2 Å². The van der Waals surface area contributed by atoms with E-state index in [0.29, 0.717) is 16.5 Å². The van der Waals surface area contributed by atoms with Crippen LogP contribution in [0.3, 0.4) is 0 Å². The molecule has 0 spiro atoms. The van der Waals surface area contributed by atoms with Crippen molar-refractivity contribution in [2.45, 2.75) is 18.8 Å². The third-order valence-corrected chi connectivity index (χ3v) is 5.85. The predicted molar refractivity (Wildman–Crippen MR) is 106 cm³/mol. The Balaban J connectivity index is 1.99. The Labute approximate surface area is 164 Å². The maximum atomic E-state index is 11.8. The predicted octanol–water partition coefficient (Wildman–Crippen LogP) is 4.72. The molecular formula is C19H17BrClN3O2. The highest BCUT2D eigenvalue weighted by molar-refractivity contribution is 9.10. The Kier molecular flexibility index (Phi) is 4.82. The van der Waals surface area contributed by atoms with Crippen LogP contribution in [0.5, 0.6) is 0 Å². The van der Waals surface area contributed by atoms with Gasteiger partial charge in [0.1, 0.15) is 0 Å². The van der Waals surface area contributed by atoms with Crippen molar-refractivity contribution in [2.24, 2.45) is 5.92 Å². The first kappa shape index (κ1) is 17.6. The van der Waals surface area contributed by atoms with E-state index in [1.807, 2.05) is 18.2 Å². The molecule has 1 aliphatic heterocycles. The highest BCUT2D eigenvalue weighted by Crippen LogP contribution is 2.44. The van der Waals surface area contributed by atoms with Crippen molar-refractivity contribution >= 4 is 39.3 Å². The van der Waals surface area contributed by atoms with Gasteiger partial charge in [-0.15, -0.1) is 0 Å². The topological polar surface area (TPSA) is 68.1 Å². The summed E-state index contributed by atoms with van der Waals surface area (Å²) >= 11 is 9.63. The summed E-state index contributed by atoms with van der Waals surface area (Å²) in [5.41, 5.74) is 3.31. The standard InChI is InChI=1S/C19H17BrClN3O2/c20-13-7-12-8-17(24(25)26)16-9-14(21)1-2-15(16)18(19(12)23-10-13)11-3-5-22-6-4-11/h1-2,7-11,18,22H,3-6H2. The molecule has 0 saturated carbocycles. The van der Waals surface area contributed by atoms with Crippen LogP contribution in [0.2, 0.25) is 5.02 Å². The molecule has 7 heteroatoms. The molecule has 1 saturated heterocycles. The van der Waals surface area contributed by atoms with E-state index in [1.54, 1.807) is 18.3 Å². The Hall–Kier alpha value is -1.76. The molecule has 0 radical (unpaired) electrons. The van der Waals surface area contributed by atoms with Gasteiger partial charge in [0, 0.05) is 33.2 Å². The van der Waals surface area contributed by atoms with E-state index in [1.165, 1.54) is 0 Å². The minimum atomic E-state index is -0.329. The number of hydrogen-bond donors (Lipinski definition) is 1. The summed E-state index contributed by atoms with van der Waals surface area (Å²) in [7, 11) is 0. The highest BCUT2D eigenvalue weighted by atomic mass is 79.9. The summed E-state index contributed by atoms with van der Waals surface area (Å²) in [6.07, 6.45) is 5.42. The van der Waals surface area contributed by atoms with E-state index in [-0.39, 0.29) is 16.5 Å². The molecule has 2 aliphatic rings. The third kappa shape index (κ3) is 3.17. The normalized spacial score (nSPS) is 19.9. The SMILES string of the molecule is O=[N+]([O-])C1=Cc2cc(Br)cnc2C(C2CCNCC2)c2ccc(Cl)cc21. The maximum Gasteiger partial charge on any atom is 0.277 e. The Morgan fingerprint density at radius 2 is 2.04 bits per heavy atom. The van der Waals surface area contributed by atoms with Gasteiger partial charge in [0.2, 0.25) is 0 Å². The number of piperidine rings is 1. The lowest BCUT2D eigenvalue weighted by atomic mass is 9.76. The van der Waals surface area contributed by atoms with Crippen LogP contribution in [0.25, 0.3) is 11.8 Å². The minimum Gasteiger partial charge on any atom is -0.317 e. The molecule has 1 atom stereocenters. The summed E-state index contributed by atoms with van der Waals surface area (Å²) in [5, 5.41) is 15.7. The second kappa shape index (κ2) is 7.10. The number of aromatic nitrogens is 1. The lowest BCUT2D eigenvalue weighted by Crippen LogP contribution is -2.32. The van der Waals surface area contributed by atoms with Crippen LogP contribution in [0, 0.1) is 16.0 Å². The van der Waals surface area contributed by atoms with E-state index in [9.17, 15) is 10.1 Å². The maximum absolute atomic E-state index is 11.8. The monoisotopic (exact) mass is 433 g/mol. The van der Waals surface area contributed by atoms with Crippen molar-refractivity contribution in [3.63, 3.8) is 0 Å². The summed E-state index contributed by atoms with van der Waals surface area (Å²) in [5.74, 6) is 0.393. The Morgan fingerprint density at radius 1 is 1.27 bits per heavy atom. The van der Waals surface area contributed by atoms with E-state index in [0.717, 1.165) is 47.2 Å². The zero-order valence-electron chi connectivity index (χ0n) is 13.9. The molecule has 1 N–H and O–H groups in total. The van der Waals surface area contributed by atoms with Gasteiger partial charge in [-0.3, -0.25) is 15.1 Å². The van der Waals surface area contributed by atoms with Gasteiger partial charge in [0.05, 0.1) is 16.2 Å². The van der Waals surface area contributed by atoms with Gasteiger partial charge >= 0.3 is 0 Å². The molecular weight excluding hydrogens is 418 g/mol. The highest BCUT2D eigenvalue weighted by Gasteiger charge is 2.35. The van der Waals surface area contributed by atoms with Crippen LogP contribution in [0.4, 0.5) is 0 Å². The van der Waals surface area contributed by atoms with Crippen LogP contribution in [-0.2, 0) is 0 Å². The molecule has 0 bridgehead atoms. The van der Waals surface area contributed by atoms with Gasteiger partial charge in [-0.05, 0) is 71.5 Å². The quantitative estimate of drug-likeness (QED) is 0.549. The van der Waals surface area contributed by atoms with Crippen molar-refractivity contribution in [1.29, 1.82) is 0 Å². The van der Waals surface area contributed by atoms with Crippen LogP contribution in [-0.4, -0.2) is 23.0 Å². The molecule has 2 aromatic rings. The van der Waals surface area contributed by atoms with Crippen molar-refractivity contribution in [1.82, 2.24) is 10.3 Å².